The molecule has 1 aliphatic rings. The number of alkyl halides is 3. The lowest BCUT2D eigenvalue weighted by Crippen LogP contribution is -2.45. The molecule has 2 aromatic rings. The van der Waals surface area contributed by atoms with Crippen molar-refractivity contribution in [2.45, 2.75) is 12.4 Å². The largest absolute Gasteiger partial charge is 0.573 e. The van der Waals surface area contributed by atoms with E-state index in [0.29, 0.717) is 5.56 Å². The van der Waals surface area contributed by atoms with E-state index in [-0.39, 0.29) is 42.4 Å². The molecular weight excluding hydrogens is 534 g/mol. The highest BCUT2D eigenvalue weighted by Crippen LogP contribution is 2.33. The van der Waals surface area contributed by atoms with Crippen LogP contribution in [-0.4, -0.2) is 37.4 Å². The van der Waals surface area contributed by atoms with Gasteiger partial charge in [0, 0.05) is 35.3 Å². The summed E-state index contributed by atoms with van der Waals surface area (Å²) in [6.45, 7) is 2.99. The molecule has 0 bridgehead atoms. The Kier molecular flexibility index (Phi) is 9.75. The SMILES string of the molecule is Cl.Cl.Fc1ccc(I)cc1[C@H](c1ccc(OC(F)(F)F)cc1)N1CCNCC1. The van der Waals surface area contributed by atoms with Gasteiger partial charge in [0.2, 0.25) is 0 Å². The van der Waals surface area contributed by atoms with Gasteiger partial charge in [-0.25, -0.2) is 4.39 Å². The van der Waals surface area contributed by atoms with Crippen LogP contribution >= 0.6 is 47.4 Å². The van der Waals surface area contributed by atoms with Crippen molar-refractivity contribution in [1.82, 2.24) is 10.2 Å². The highest BCUT2D eigenvalue weighted by molar-refractivity contribution is 14.1. The number of halogens is 7. The number of benzene rings is 2. The highest BCUT2D eigenvalue weighted by atomic mass is 127. The Morgan fingerprint density at radius 3 is 2.18 bits per heavy atom. The number of hydrogen-bond donors (Lipinski definition) is 1. The van der Waals surface area contributed by atoms with Crippen molar-refractivity contribution in [3.63, 3.8) is 0 Å². The fourth-order valence-electron chi connectivity index (χ4n) is 3.10. The second-order valence-electron chi connectivity index (χ2n) is 5.97. The molecule has 1 atom stereocenters. The summed E-state index contributed by atoms with van der Waals surface area (Å²) in [7, 11) is 0. The van der Waals surface area contributed by atoms with Crippen molar-refractivity contribution in [3.8, 4) is 5.75 Å². The lowest BCUT2D eigenvalue weighted by molar-refractivity contribution is -0.274. The van der Waals surface area contributed by atoms with E-state index >= 15 is 0 Å². The van der Waals surface area contributed by atoms with E-state index < -0.39 is 6.36 Å². The molecule has 0 aliphatic carbocycles. The second kappa shape index (κ2) is 10.8. The van der Waals surface area contributed by atoms with Crippen molar-refractivity contribution in [2.24, 2.45) is 0 Å². The Labute approximate surface area is 186 Å². The topological polar surface area (TPSA) is 24.5 Å². The van der Waals surface area contributed by atoms with Crippen LogP contribution in [0, 0.1) is 9.39 Å². The number of piperazine rings is 1. The van der Waals surface area contributed by atoms with E-state index in [1.54, 1.807) is 24.3 Å². The number of nitrogens with one attached hydrogen (secondary N) is 1. The predicted octanol–water partition coefficient (Wildman–Crippen LogP) is 5.17. The third kappa shape index (κ3) is 6.62. The Hall–Kier alpha value is -0.810. The number of rotatable bonds is 4. The first-order chi connectivity index (χ1) is 12.3. The summed E-state index contributed by atoms with van der Waals surface area (Å²) in [5.74, 6) is -0.618. The average molecular weight is 553 g/mol. The standard InChI is InChI=1S/C18H17F4IN2O.2ClH/c19-16-6-3-13(23)11-15(16)17(25-9-7-24-8-10-25)12-1-4-14(5-2-12)26-18(20,21)22;;/h1-6,11,17,24H,7-10H2;2*1H/t17-;;/m0../s1. The van der Waals surface area contributed by atoms with Crippen molar-refractivity contribution in [3.05, 3.63) is 63.0 Å². The zero-order chi connectivity index (χ0) is 18.7. The molecule has 28 heavy (non-hydrogen) atoms. The van der Waals surface area contributed by atoms with Gasteiger partial charge in [-0.1, -0.05) is 12.1 Å². The predicted molar refractivity (Wildman–Crippen MR) is 113 cm³/mol. The molecule has 0 spiro atoms. The van der Waals surface area contributed by atoms with Gasteiger partial charge in [0.05, 0.1) is 6.04 Å². The van der Waals surface area contributed by atoms with Crippen LogP contribution in [0.4, 0.5) is 17.6 Å². The monoisotopic (exact) mass is 552 g/mol. The van der Waals surface area contributed by atoms with Crippen LogP contribution in [-0.2, 0) is 0 Å². The Morgan fingerprint density at radius 1 is 1.00 bits per heavy atom. The van der Waals surface area contributed by atoms with Crippen molar-refractivity contribution >= 4 is 47.4 Å². The van der Waals surface area contributed by atoms with Crippen molar-refractivity contribution < 1.29 is 22.3 Å². The van der Waals surface area contributed by atoms with Gasteiger partial charge in [0.25, 0.3) is 0 Å². The Morgan fingerprint density at radius 2 is 1.61 bits per heavy atom. The third-order valence-electron chi connectivity index (χ3n) is 4.20. The lowest BCUT2D eigenvalue weighted by atomic mass is 9.96. The van der Waals surface area contributed by atoms with Gasteiger partial charge >= 0.3 is 6.36 Å². The fourth-order valence-corrected chi connectivity index (χ4v) is 3.62. The summed E-state index contributed by atoms with van der Waals surface area (Å²) in [6.07, 6.45) is -4.74. The van der Waals surface area contributed by atoms with Crippen molar-refractivity contribution in [1.29, 1.82) is 0 Å². The van der Waals surface area contributed by atoms with Crippen LogP contribution in [0.25, 0.3) is 0 Å². The molecule has 3 nitrogen and oxygen atoms in total. The molecule has 0 amide bonds. The molecule has 0 aromatic heterocycles. The molecule has 1 saturated heterocycles. The van der Waals surface area contributed by atoms with Crippen molar-refractivity contribution in [2.75, 3.05) is 26.2 Å². The van der Waals surface area contributed by atoms with E-state index in [2.05, 4.69) is 37.5 Å². The average Bonchev–Trinajstić information content (AvgIpc) is 2.59. The van der Waals surface area contributed by atoms with Crippen LogP contribution in [0.5, 0.6) is 5.75 Å². The zero-order valence-electron chi connectivity index (χ0n) is 14.5. The summed E-state index contributed by atoms with van der Waals surface area (Å²) in [6, 6.07) is 10.2. The first-order valence-corrected chi connectivity index (χ1v) is 9.17. The quantitative estimate of drug-likeness (QED) is 0.418. The third-order valence-corrected chi connectivity index (χ3v) is 4.87. The smallest absolute Gasteiger partial charge is 0.406 e. The van der Waals surface area contributed by atoms with Gasteiger partial charge in [-0.2, -0.15) is 0 Å². The summed E-state index contributed by atoms with van der Waals surface area (Å²) >= 11 is 2.12. The molecule has 10 heteroatoms. The zero-order valence-corrected chi connectivity index (χ0v) is 18.3. The Bertz CT molecular complexity index is 756. The molecule has 0 radical (unpaired) electrons. The maximum Gasteiger partial charge on any atom is 0.573 e. The molecular formula is C18H19Cl2F4IN2O. The first-order valence-electron chi connectivity index (χ1n) is 8.09. The van der Waals surface area contributed by atoms with Gasteiger partial charge in [-0.05, 0) is 58.5 Å². The maximum absolute atomic E-state index is 14.5. The van der Waals surface area contributed by atoms with E-state index in [1.165, 1.54) is 18.2 Å². The summed E-state index contributed by atoms with van der Waals surface area (Å²) in [5.41, 5.74) is 1.24. The summed E-state index contributed by atoms with van der Waals surface area (Å²) in [5, 5.41) is 3.25. The van der Waals surface area contributed by atoms with E-state index in [0.717, 1.165) is 35.3 Å². The van der Waals surface area contributed by atoms with Gasteiger partial charge in [-0.3, -0.25) is 4.90 Å². The van der Waals surface area contributed by atoms with Crippen LogP contribution in [0.3, 0.4) is 0 Å². The number of nitrogens with zero attached hydrogens (tertiary/aromatic N) is 1. The van der Waals surface area contributed by atoms with E-state index in [1.807, 2.05) is 0 Å². The van der Waals surface area contributed by atoms with Gasteiger partial charge in [0.1, 0.15) is 11.6 Å². The van der Waals surface area contributed by atoms with Gasteiger partial charge in [0.15, 0.2) is 0 Å². The molecule has 1 aliphatic heterocycles. The molecule has 2 aromatic carbocycles. The number of hydrogen-bond acceptors (Lipinski definition) is 3. The minimum atomic E-state index is -4.74. The van der Waals surface area contributed by atoms with E-state index in [9.17, 15) is 17.6 Å². The van der Waals surface area contributed by atoms with E-state index in [4.69, 9.17) is 0 Å². The Balaban J connectivity index is 0.00000196. The van der Waals surface area contributed by atoms with Crippen LogP contribution in [0.2, 0.25) is 0 Å². The van der Waals surface area contributed by atoms with Crippen LogP contribution in [0.1, 0.15) is 17.2 Å². The normalized spacial score (nSPS) is 15.9. The molecule has 3 rings (SSSR count). The molecule has 1 fully saturated rings. The summed E-state index contributed by atoms with van der Waals surface area (Å²) < 4.78 is 56.5. The maximum atomic E-state index is 14.5. The lowest BCUT2D eigenvalue weighted by Gasteiger charge is -2.35. The van der Waals surface area contributed by atoms with Crippen LogP contribution in [0.15, 0.2) is 42.5 Å². The second-order valence-corrected chi connectivity index (χ2v) is 7.22. The van der Waals surface area contributed by atoms with Gasteiger partial charge < -0.3 is 10.1 Å². The highest BCUT2D eigenvalue weighted by Gasteiger charge is 2.31. The molecule has 0 saturated carbocycles. The molecule has 0 unspecified atom stereocenters. The fraction of sp³-hybridized carbons (Fsp3) is 0.333. The van der Waals surface area contributed by atoms with Gasteiger partial charge in [-0.15, -0.1) is 38.0 Å². The minimum Gasteiger partial charge on any atom is -0.406 e. The molecule has 156 valence electrons. The molecule has 1 N–H and O–H groups in total. The minimum absolute atomic E-state index is 0. The first kappa shape index (κ1) is 25.2. The number of ether oxygens (including phenoxy) is 1. The molecule has 1 heterocycles. The van der Waals surface area contributed by atoms with Crippen LogP contribution < -0.4 is 10.1 Å². The summed E-state index contributed by atoms with van der Waals surface area (Å²) in [4.78, 5) is 2.13.